The van der Waals surface area contributed by atoms with Crippen LogP contribution in [0.25, 0.3) is 0 Å². The van der Waals surface area contributed by atoms with Crippen LogP contribution in [0.15, 0.2) is 24.3 Å². The predicted molar refractivity (Wildman–Crippen MR) is 118 cm³/mol. The molecule has 1 rings (SSSR count). The zero-order chi connectivity index (χ0) is 23.4. The quantitative estimate of drug-likeness (QED) is 0.317. The molecule has 6 N–H and O–H groups in total. The van der Waals surface area contributed by atoms with E-state index in [4.69, 9.17) is 10.8 Å². The molecule has 31 heavy (non-hydrogen) atoms. The van der Waals surface area contributed by atoms with E-state index in [1.807, 2.05) is 19.1 Å². The van der Waals surface area contributed by atoms with Crippen LogP contribution >= 0.6 is 0 Å². The first-order valence-electron chi connectivity index (χ1n) is 10.6. The lowest BCUT2D eigenvalue weighted by Crippen LogP contribution is -2.54. The molecule has 9 heteroatoms. The van der Waals surface area contributed by atoms with Gasteiger partial charge in [-0.1, -0.05) is 32.9 Å². The number of hydrogen-bond acceptors (Lipinski definition) is 5. The van der Waals surface area contributed by atoms with Crippen molar-refractivity contribution >= 4 is 29.4 Å². The number of anilines is 1. The minimum atomic E-state index is -1.09. The molecule has 0 spiro atoms. The Balaban J connectivity index is 2.83. The van der Waals surface area contributed by atoms with Crippen LogP contribution in [0.5, 0.6) is 0 Å². The number of carbonyl (C=O) groups is 4. The van der Waals surface area contributed by atoms with Crippen LogP contribution in [-0.2, 0) is 25.6 Å². The molecular formula is C22H34N4O5. The molecule has 1 aromatic rings. The second-order valence-corrected chi connectivity index (χ2v) is 7.71. The van der Waals surface area contributed by atoms with E-state index in [1.54, 1.807) is 26.0 Å². The van der Waals surface area contributed by atoms with E-state index in [0.717, 1.165) is 12.0 Å². The molecule has 1 aromatic carbocycles. The van der Waals surface area contributed by atoms with Gasteiger partial charge < -0.3 is 26.8 Å². The Morgan fingerprint density at radius 2 is 1.65 bits per heavy atom. The molecule has 2 atom stereocenters. The minimum Gasteiger partial charge on any atom is -0.481 e. The molecular weight excluding hydrogens is 400 g/mol. The van der Waals surface area contributed by atoms with Crippen LogP contribution < -0.4 is 21.7 Å². The van der Waals surface area contributed by atoms with E-state index < -0.39 is 29.9 Å². The van der Waals surface area contributed by atoms with Gasteiger partial charge in [0.15, 0.2) is 0 Å². The van der Waals surface area contributed by atoms with Crippen molar-refractivity contribution in [2.45, 2.75) is 65.0 Å². The van der Waals surface area contributed by atoms with Gasteiger partial charge in [0, 0.05) is 12.1 Å². The molecule has 0 aliphatic carbocycles. The van der Waals surface area contributed by atoms with Crippen LogP contribution in [-0.4, -0.2) is 47.4 Å². The first kappa shape index (κ1) is 26.1. The first-order chi connectivity index (χ1) is 14.7. The smallest absolute Gasteiger partial charge is 0.303 e. The summed E-state index contributed by atoms with van der Waals surface area (Å²) in [5.74, 6) is -2.75. The Labute approximate surface area is 183 Å². The van der Waals surface area contributed by atoms with Crippen molar-refractivity contribution in [3.63, 3.8) is 0 Å². The van der Waals surface area contributed by atoms with Crippen LogP contribution in [0, 0.1) is 5.92 Å². The highest BCUT2D eigenvalue weighted by Gasteiger charge is 2.28. The highest BCUT2D eigenvalue weighted by molar-refractivity contribution is 5.98. The lowest BCUT2D eigenvalue weighted by molar-refractivity contribution is -0.139. The summed E-state index contributed by atoms with van der Waals surface area (Å²) in [5, 5.41) is 16.8. The van der Waals surface area contributed by atoms with Crippen molar-refractivity contribution in [3.8, 4) is 0 Å². The Hall–Kier alpha value is -2.94. The third-order valence-corrected chi connectivity index (χ3v) is 4.79. The summed E-state index contributed by atoms with van der Waals surface area (Å²) in [6.45, 7) is 5.92. The van der Waals surface area contributed by atoms with Crippen LogP contribution in [0.4, 0.5) is 5.69 Å². The summed E-state index contributed by atoms with van der Waals surface area (Å²) in [5.41, 5.74) is 7.34. The van der Waals surface area contributed by atoms with Crippen molar-refractivity contribution in [3.05, 3.63) is 29.8 Å². The summed E-state index contributed by atoms with van der Waals surface area (Å²) in [6.07, 6.45) is 1.22. The predicted octanol–water partition coefficient (Wildman–Crippen LogP) is 1.42. The second-order valence-electron chi connectivity index (χ2n) is 7.71. The van der Waals surface area contributed by atoms with Gasteiger partial charge in [-0.05, 0) is 49.4 Å². The highest BCUT2D eigenvalue weighted by atomic mass is 16.4. The zero-order valence-corrected chi connectivity index (χ0v) is 18.4. The van der Waals surface area contributed by atoms with Gasteiger partial charge in [0.25, 0.3) is 0 Å². The Bertz CT molecular complexity index is 749. The van der Waals surface area contributed by atoms with Gasteiger partial charge in [0.05, 0.1) is 6.42 Å². The van der Waals surface area contributed by atoms with Gasteiger partial charge in [0.2, 0.25) is 17.7 Å². The Morgan fingerprint density at radius 3 is 2.16 bits per heavy atom. The number of benzene rings is 1. The molecule has 0 radical (unpaired) electrons. The van der Waals surface area contributed by atoms with Crippen molar-refractivity contribution in [2.24, 2.45) is 11.7 Å². The summed E-state index contributed by atoms with van der Waals surface area (Å²) in [6, 6.07) is 5.74. The summed E-state index contributed by atoms with van der Waals surface area (Å²) >= 11 is 0. The normalized spacial score (nSPS) is 12.7. The average molecular weight is 435 g/mol. The number of nitrogens with one attached hydrogen (secondary N) is 3. The van der Waals surface area contributed by atoms with E-state index in [1.165, 1.54) is 0 Å². The molecule has 172 valence electrons. The maximum absolute atomic E-state index is 12.8. The highest BCUT2D eigenvalue weighted by Crippen LogP contribution is 2.12. The molecule has 0 heterocycles. The maximum Gasteiger partial charge on any atom is 0.303 e. The van der Waals surface area contributed by atoms with Gasteiger partial charge in [-0.3, -0.25) is 19.2 Å². The average Bonchev–Trinajstić information content (AvgIpc) is 2.73. The number of carboxylic acids is 1. The summed E-state index contributed by atoms with van der Waals surface area (Å²) < 4.78 is 0. The number of nitrogens with two attached hydrogens (primary N) is 1. The number of amides is 3. The van der Waals surface area contributed by atoms with Gasteiger partial charge >= 0.3 is 5.97 Å². The molecule has 0 aliphatic heterocycles. The second kappa shape index (κ2) is 13.4. The van der Waals surface area contributed by atoms with Crippen molar-refractivity contribution in [2.75, 3.05) is 11.9 Å². The van der Waals surface area contributed by atoms with E-state index in [9.17, 15) is 19.2 Å². The number of carbonyl (C=O) groups excluding carboxylic acids is 3. The topological polar surface area (TPSA) is 151 Å². The third kappa shape index (κ3) is 9.61. The molecule has 3 amide bonds. The molecule has 9 nitrogen and oxygen atoms in total. The van der Waals surface area contributed by atoms with E-state index in [0.29, 0.717) is 25.1 Å². The Kier molecular flexibility index (Phi) is 11.3. The molecule has 0 bridgehead atoms. The molecule has 0 saturated carbocycles. The number of rotatable bonds is 13. The Morgan fingerprint density at radius 1 is 1.00 bits per heavy atom. The molecule has 0 aromatic heterocycles. The monoisotopic (exact) mass is 434 g/mol. The summed E-state index contributed by atoms with van der Waals surface area (Å²) in [4.78, 5) is 48.3. The number of carboxylic acid groups (broad SMARTS) is 1. The van der Waals surface area contributed by atoms with Gasteiger partial charge in [-0.25, -0.2) is 0 Å². The van der Waals surface area contributed by atoms with Gasteiger partial charge in [-0.2, -0.15) is 0 Å². The lowest BCUT2D eigenvalue weighted by Gasteiger charge is -2.25. The SMILES string of the molecule is CCc1ccc(NC(=O)[C@H](CCCN)NC(=O)[C@@H](NC(=O)CCC(=O)O)C(C)C)cc1. The van der Waals surface area contributed by atoms with Crippen molar-refractivity contribution < 1.29 is 24.3 Å². The molecule has 0 unspecified atom stereocenters. The van der Waals surface area contributed by atoms with E-state index in [2.05, 4.69) is 16.0 Å². The fraction of sp³-hybridized carbons (Fsp3) is 0.545. The summed E-state index contributed by atoms with van der Waals surface area (Å²) in [7, 11) is 0. The van der Waals surface area contributed by atoms with E-state index >= 15 is 0 Å². The third-order valence-electron chi connectivity index (χ3n) is 4.79. The van der Waals surface area contributed by atoms with Crippen LogP contribution in [0.1, 0.15) is 52.0 Å². The molecule has 0 saturated heterocycles. The molecule has 0 fully saturated rings. The van der Waals surface area contributed by atoms with Gasteiger partial charge in [0.1, 0.15) is 12.1 Å². The zero-order valence-electron chi connectivity index (χ0n) is 18.4. The van der Waals surface area contributed by atoms with Gasteiger partial charge in [-0.15, -0.1) is 0 Å². The largest absolute Gasteiger partial charge is 0.481 e. The van der Waals surface area contributed by atoms with Crippen molar-refractivity contribution in [1.29, 1.82) is 0 Å². The van der Waals surface area contributed by atoms with Crippen molar-refractivity contribution in [1.82, 2.24) is 10.6 Å². The fourth-order valence-corrected chi connectivity index (χ4v) is 2.91. The van der Waals surface area contributed by atoms with Crippen LogP contribution in [0.2, 0.25) is 0 Å². The first-order valence-corrected chi connectivity index (χ1v) is 10.6. The lowest BCUT2D eigenvalue weighted by atomic mass is 10.0. The standard InChI is InChI=1S/C22H34N4O5/c1-4-15-7-9-16(10-8-15)24-21(30)17(6-5-13-23)25-22(31)20(14(2)3)26-18(27)11-12-19(28)29/h7-10,14,17,20H,4-6,11-13,23H2,1-3H3,(H,24,30)(H,25,31)(H,26,27)(H,28,29)/t17-,20-/m0/s1. The number of aliphatic carboxylic acids is 1. The fourth-order valence-electron chi connectivity index (χ4n) is 2.91. The van der Waals surface area contributed by atoms with E-state index in [-0.39, 0.29) is 24.7 Å². The maximum atomic E-state index is 12.8. The van der Waals surface area contributed by atoms with Crippen LogP contribution in [0.3, 0.4) is 0 Å². The number of hydrogen-bond donors (Lipinski definition) is 5. The minimum absolute atomic E-state index is 0.226. The number of aryl methyl sites for hydroxylation is 1. The molecule has 0 aliphatic rings.